The Kier molecular flexibility index (Phi) is 8.78. The standard InChI is InChI=1S/C30H39Cl2F2N3O4/c1-29(11-12-29)27(39)36-13-7-20(8-14-36)26(38)37-16-22(21-3-4-23(31)24(32)15-21)25(17-37)35(2)28(40)41-18-19-5-9-30(33,34)10-6-19/h3-4,15,19-20,22,25H,5-14,16-18H2,1-2H3/t22-,25?/m1/s1. The van der Waals surface area contributed by atoms with Crippen LogP contribution in [0.15, 0.2) is 18.2 Å². The highest BCUT2D eigenvalue weighted by Gasteiger charge is 2.48. The van der Waals surface area contributed by atoms with E-state index in [0.29, 0.717) is 61.9 Å². The molecule has 0 radical (unpaired) electrons. The maximum Gasteiger partial charge on any atom is 0.409 e. The molecular formula is C30H39Cl2F2N3O4. The number of hydrogen-bond donors (Lipinski definition) is 0. The number of likely N-dealkylation sites (tertiary alicyclic amines) is 2. The number of carbonyl (C=O) groups is 3. The van der Waals surface area contributed by atoms with Gasteiger partial charge in [-0.05, 0) is 62.1 Å². The summed E-state index contributed by atoms with van der Waals surface area (Å²) < 4.78 is 32.6. The minimum absolute atomic E-state index is 0.0344. The number of nitrogens with zero attached hydrogens (tertiary/aromatic N) is 3. The summed E-state index contributed by atoms with van der Waals surface area (Å²) in [4.78, 5) is 44.8. The van der Waals surface area contributed by atoms with Crippen LogP contribution in [0.3, 0.4) is 0 Å². The Morgan fingerprint density at radius 3 is 2.24 bits per heavy atom. The molecule has 2 aliphatic carbocycles. The van der Waals surface area contributed by atoms with Gasteiger partial charge in [0.1, 0.15) is 0 Å². The van der Waals surface area contributed by atoms with Crippen molar-refractivity contribution in [2.45, 2.75) is 76.2 Å². The molecule has 2 aliphatic heterocycles. The normalized spacial score (nSPS) is 26.1. The zero-order valence-electron chi connectivity index (χ0n) is 23.7. The topological polar surface area (TPSA) is 70.2 Å². The van der Waals surface area contributed by atoms with Gasteiger partial charge >= 0.3 is 6.09 Å². The second kappa shape index (κ2) is 11.9. The van der Waals surface area contributed by atoms with Crippen LogP contribution < -0.4 is 0 Å². The predicted molar refractivity (Wildman–Crippen MR) is 152 cm³/mol. The third-order valence-corrected chi connectivity index (χ3v) is 10.4. The van der Waals surface area contributed by atoms with E-state index in [1.165, 1.54) is 4.90 Å². The highest BCUT2D eigenvalue weighted by molar-refractivity contribution is 6.42. The highest BCUT2D eigenvalue weighted by Crippen LogP contribution is 2.47. The Balaban J connectivity index is 1.23. The molecule has 0 spiro atoms. The first kappa shape index (κ1) is 30.3. The molecule has 0 aromatic heterocycles. The lowest BCUT2D eigenvalue weighted by molar-refractivity contribution is -0.142. The van der Waals surface area contributed by atoms with Crippen molar-refractivity contribution >= 4 is 41.1 Å². The number of halogens is 4. The summed E-state index contributed by atoms with van der Waals surface area (Å²) in [5, 5.41) is 0.818. The van der Waals surface area contributed by atoms with Crippen LogP contribution in [0.1, 0.15) is 69.8 Å². The first-order valence-electron chi connectivity index (χ1n) is 14.7. The van der Waals surface area contributed by atoms with Gasteiger partial charge in [0.05, 0.1) is 22.7 Å². The van der Waals surface area contributed by atoms with E-state index >= 15 is 0 Å². The molecule has 5 rings (SSSR count). The first-order chi connectivity index (χ1) is 19.4. The Hall–Kier alpha value is -2.13. The van der Waals surface area contributed by atoms with E-state index in [0.717, 1.165) is 18.4 Å². The van der Waals surface area contributed by atoms with Gasteiger partial charge in [0.25, 0.3) is 0 Å². The fourth-order valence-electron chi connectivity index (χ4n) is 6.49. The molecule has 2 atom stereocenters. The average molecular weight is 615 g/mol. The lowest BCUT2D eigenvalue weighted by atomic mass is 9.87. The summed E-state index contributed by atoms with van der Waals surface area (Å²) in [5.74, 6) is -2.87. The van der Waals surface area contributed by atoms with E-state index in [2.05, 4.69) is 0 Å². The van der Waals surface area contributed by atoms with Gasteiger partial charge in [0, 0.05) is 63.3 Å². The van der Waals surface area contributed by atoms with E-state index in [1.54, 1.807) is 19.2 Å². The molecule has 2 saturated carbocycles. The smallest absolute Gasteiger partial charge is 0.409 e. The predicted octanol–water partition coefficient (Wildman–Crippen LogP) is 6.22. The van der Waals surface area contributed by atoms with Gasteiger partial charge in [-0.25, -0.2) is 13.6 Å². The van der Waals surface area contributed by atoms with Crippen molar-refractivity contribution in [2.24, 2.45) is 17.3 Å². The average Bonchev–Trinajstić information content (AvgIpc) is 3.56. The quantitative estimate of drug-likeness (QED) is 0.382. The van der Waals surface area contributed by atoms with E-state index in [4.69, 9.17) is 27.9 Å². The van der Waals surface area contributed by atoms with Gasteiger partial charge in [-0.3, -0.25) is 9.59 Å². The summed E-state index contributed by atoms with van der Waals surface area (Å²) in [6, 6.07) is 4.99. The summed E-state index contributed by atoms with van der Waals surface area (Å²) in [6.45, 7) is 4.02. The van der Waals surface area contributed by atoms with Crippen LogP contribution in [-0.2, 0) is 14.3 Å². The van der Waals surface area contributed by atoms with Crippen molar-refractivity contribution in [3.05, 3.63) is 33.8 Å². The summed E-state index contributed by atoms with van der Waals surface area (Å²) in [7, 11) is 1.66. The monoisotopic (exact) mass is 613 g/mol. The van der Waals surface area contributed by atoms with Gasteiger partial charge in [-0.1, -0.05) is 36.2 Å². The minimum atomic E-state index is -2.63. The SMILES string of the molecule is CN(C(=O)OCC1CCC(F)(F)CC1)C1CN(C(=O)C2CCN(C(=O)C3(C)CC3)CC2)C[C@@H]1c1ccc(Cl)c(Cl)c1. The molecule has 1 aromatic rings. The zero-order valence-corrected chi connectivity index (χ0v) is 25.2. The molecular weight excluding hydrogens is 575 g/mol. The molecule has 1 unspecified atom stereocenters. The maximum absolute atomic E-state index is 13.7. The highest BCUT2D eigenvalue weighted by atomic mass is 35.5. The molecule has 1 aromatic carbocycles. The fourth-order valence-corrected chi connectivity index (χ4v) is 6.80. The molecule has 7 nitrogen and oxygen atoms in total. The fraction of sp³-hybridized carbons (Fsp3) is 0.700. The van der Waals surface area contributed by atoms with Crippen molar-refractivity contribution in [3.8, 4) is 0 Å². The molecule has 226 valence electrons. The largest absolute Gasteiger partial charge is 0.449 e. The second-order valence-electron chi connectivity index (χ2n) is 12.7. The van der Waals surface area contributed by atoms with Crippen molar-refractivity contribution in [3.63, 3.8) is 0 Å². The number of carbonyl (C=O) groups excluding carboxylic acids is 3. The number of amides is 3. The van der Waals surface area contributed by atoms with Crippen LogP contribution in [0, 0.1) is 17.3 Å². The number of likely N-dealkylation sites (N-methyl/N-ethyl adjacent to an activating group) is 1. The van der Waals surface area contributed by atoms with Crippen LogP contribution in [-0.4, -0.2) is 84.4 Å². The van der Waals surface area contributed by atoms with Gasteiger partial charge in [-0.15, -0.1) is 0 Å². The van der Waals surface area contributed by atoms with Crippen molar-refractivity contribution in [2.75, 3.05) is 39.8 Å². The zero-order chi connectivity index (χ0) is 29.5. The van der Waals surface area contributed by atoms with Crippen LogP contribution in [0.2, 0.25) is 10.0 Å². The van der Waals surface area contributed by atoms with Gasteiger partial charge < -0.3 is 19.4 Å². The number of rotatable bonds is 6. The van der Waals surface area contributed by atoms with E-state index in [1.807, 2.05) is 22.8 Å². The second-order valence-corrected chi connectivity index (χ2v) is 13.5. The number of piperidine rings is 1. The molecule has 2 heterocycles. The Morgan fingerprint density at radius 1 is 0.976 bits per heavy atom. The lowest BCUT2D eigenvalue weighted by Gasteiger charge is -2.34. The number of ether oxygens (including phenoxy) is 1. The minimum Gasteiger partial charge on any atom is -0.449 e. The van der Waals surface area contributed by atoms with E-state index in [9.17, 15) is 23.2 Å². The number of benzene rings is 1. The molecule has 41 heavy (non-hydrogen) atoms. The summed E-state index contributed by atoms with van der Waals surface area (Å²) in [5.41, 5.74) is 0.653. The Morgan fingerprint density at radius 2 is 1.63 bits per heavy atom. The molecule has 4 aliphatic rings. The van der Waals surface area contributed by atoms with Crippen molar-refractivity contribution < 1.29 is 27.9 Å². The summed E-state index contributed by atoms with van der Waals surface area (Å²) >= 11 is 12.5. The van der Waals surface area contributed by atoms with E-state index < -0.39 is 12.0 Å². The van der Waals surface area contributed by atoms with E-state index in [-0.39, 0.29) is 60.5 Å². The van der Waals surface area contributed by atoms with Crippen LogP contribution >= 0.6 is 23.2 Å². The number of hydrogen-bond acceptors (Lipinski definition) is 4. The molecule has 11 heteroatoms. The Labute approximate surface area is 250 Å². The third kappa shape index (κ3) is 6.76. The molecule has 0 bridgehead atoms. The van der Waals surface area contributed by atoms with Crippen LogP contribution in [0.4, 0.5) is 13.6 Å². The third-order valence-electron chi connectivity index (χ3n) is 9.68. The van der Waals surface area contributed by atoms with Crippen LogP contribution in [0.5, 0.6) is 0 Å². The van der Waals surface area contributed by atoms with Crippen molar-refractivity contribution in [1.82, 2.24) is 14.7 Å². The molecule has 4 fully saturated rings. The molecule has 2 saturated heterocycles. The maximum atomic E-state index is 13.7. The molecule has 3 amide bonds. The van der Waals surface area contributed by atoms with Crippen LogP contribution in [0.25, 0.3) is 0 Å². The Bertz CT molecular complexity index is 1160. The molecule has 0 N–H and O–H groups in total. The lowest BCUT2D eigenvalue weighted by Crippen LogP contribution is -2.46. The van der Waals surface area contributed by atoms with Gasteiger partial charge in [0.2, 0.25) is 17.7 Å². The first-order valence-corrected chi connectivity index (χ1v) is 15.4. The summed E-state index contributed by atoms with van der Waals surface area (Å²) in [6.07, 6.45) is 2.86. The van der Waals surface area contributed by atoms with Crippen molar-refractivity contribution in [1.29, 1.82) is 0 Å². The van der Waals surface area contributed by atoms with Gasteiger partial charge in [0.15, 0.2) is 0 Å². The number of alkyl halides is 2. The van der Waals surface area contributed by atoms with Gasteiger partial charge in [-0.2, -0.15) is 0 Å².